The smallest absolute Gasteiger partial charge is 0.427 e. The van der Waals surface area contributed by atoms with Crippen molar-refractivity contribution in [2.24, 2.45) is 0 Å². The van der Waals surface area contributed by atoms with Crippen LogP contribution in [0.2, 0.25) is 0 Å². The van der Waals surface area contributed by atoms with Crippen molar-refractivity contribution in [2.45, 2.75) is 45.1 Å². The summed E-state index contributed by atoms with van der Waals surface area (Å²) in [6.07, 6.45) is 4.28. The fraction of sp³-hybridized carbons (Fsp3) is 0.643. The van der Waals surface area contributed by atoms with E-state index in [1.54, 1.807) is 32.0 Å². The lowest BCUT2D eigenvalue weighted by atomic mass is 9.95. The number of rotatable bonds is 2. The molecule has 2 rings (SSSR count). The highest BCUT2D eigenvalue weighted by Gasteiger charge is 2.26. The van der Waals surface area contributed by atoms with Crippen LogP contribution in [0.5, 0.6) is 0 Å². The zero-order valence-corrected chi connectivity index (χ0v) is 12.7. The molecule has 116 valence electrons. The molecule has 1 aliphatic rings. The molecule has 1 aromatic rings. The third-order valence-electron chi connectivity index (χ3n) is 3.14. The Morgan fingerprint density at radius 2 is 2.00 bits per heavy atom. The maximum atomic E-state index is 11.6. The highest BCUT2D eigenvalue weighted by molar-refractivity contribution is 5.60. The second-order valence-electron chi connectivity index (χ2n) is 6.13. The van der Waals surface area contributed by atoms with Gasteiger partial charge in [0, 0.05) is 25.2 Å². The summed E-state index contributed by atoms with van der Waals surface area (Å²) in [5, 5.41) is 1.63. The van der Waals surface area contributed by atoms with Crippen molar-refractivity contribution in [1.29, 1.82) is 0 Å². The molecule has 0 aromatic carbocycles. The lowest BCUT2D eigenvalue weighted by Gasteiger charge is -2.30. The Labute approximate surface area is 124 Å². The number of nitrogens with two attached hydrogens (primary N) is 1. The molecule has 0 unspecified atom stereocenters. The largest absolute Gasteiger partial charge is 0.528 e. The van der Waals surface area contributed by atoms with Gasteiger partial charge in [0.1, 0.15) is 11.4 Å². The number of carbonyl (C=O) groups is 1. The number of hydroxylamine groups is 2. The Hall–Kier alpha value is -1.89. The van der Waals surface area contributed by atoms with Gasteiger partial charge in [-0.1, -0.05) is 0 Å². The number of aromatic nitrogens is 2. The van der Waals surface area contributed by atoms with Crippen LogP contribution in [0, 0.1) is 0 Å². The van der Waals surface area contributed by atoms with Crippen LogP contribution >= 0.6 is 0 Å². The van der Waals surface area contributed by atoms with E-state index in [0.29, 0.717) is 24.8 Å². The number of anilines is 1. The molecule has 0 radical (unpaired) electrons. The van der Waals surface area contributed by atoms with E-state index in [0.717, 1.165) is 18.5 Å². The summed E-state index contributed by atoms with van der Waals surface area (Å²) in [6.45, 7) is 6.69. The van der Waals surface area contributed by atoms with Crippen LogP contribution in [0.1, 0.15) is 45.2 Å². The lowest BCUT2D eigenvalue weighted by molar-refractivity contribution is -0.152. The predicted octanol–water partition coefficient (Wildman–Crippen LogP) is 2.10. The molecule has 2 heterocycles. The van der Waals surface area contributed by atoms with Gasteiger partial charge in [0.05, 0.1) is 11.9 Å². The number of ether oxygens (including phenoxy) is 1. The molecule has 1 fully saturated rings. The maximum absolute atomic E-state index is 11.6. The van der Waals surface area contributed by atoms with Gasteiger partial charge in [-0.05, 0) is 33.6 Å². The Bertz CT molecular complexity index is 493. The second-order valence-corrected chi connectivity index (χ2v) is 6.13. The van der Waals surface area contributed by atoms with Gasteiger partial charge in [-0.15, -0.1) is 5.06 Å². The van der Waals surface area contributed by atoms with Gasteiger partial charge in [0.15, 0.2) is 0 Å². The van der Waals surface area contributed by atoms with E-state index in [4.69, 9.17) is 15.3 Å². The Kier molecular flexibility index (Phi) is 4.62. The predicted molar refractivity (Wildman–Crippen MR) is 77.3 cm³/mol. The van der Waals surface area contributed by atoms with Crippen LogP contribution in [0.15, 0.2) is 12.4 Å². The first kappa shape index (κ1) is 15.5. The number of carbonyl (C=O) groups excluding carboxylic acids is 1. The SMILES string of the molecule is CC(C)(C)OC(=O)ON1CCC(c2cncc(N)n2)CC1. The van der Waals surface area contributed by atoms with Gasteiger partial charge in [-0.25, -0.2) is 9.78 Å². The van der Waals surface area contributed by atoms with Gasteiger partial charge >= 0.3 is 6.16 Å². The molecule has 0 amide bonds. The van der Waals surface area contributed by atoms with Gasteiger partial charge in [-0.2, -0.15) is 0 Å². The minimum Gasteiger partial charge on any atom is -0.427 e. The minimum atomic E-state index is -0.662. The molecular weight excluding hydrogens is 272 g/mol. The molecule has 0 bridgehead atoms. The molecule has 2 N–H and O–H groups in total. The first-order valence-corrected chi connectivity index (χ1v) is 7.07. The minimum absolute atomic E-state index is 0.291. The molecule has 7 nitrogen and oxygen atoms in total. The molecular formula is C14H22N4O3. The zero-order chi connectivity index (χ0) is 15.5. The molecule has 0 spiro atoms. The monoisotopic (exact) mass is 294 g/mol. The summed E-state index contributed by atoms with van der Waals surface area (Å²) in [4.78, 5) is 25.1. The Morgan fingerprint density at radius 1 is 1.33 bits per heavy atom. The Morgan fingerprint density at radius 3 is 2.57 bits per heavy atom. The van der Waals surface area contributed by atoms with Gasteiger partial charge in [-0.3, -0.25) is 4.98 Å². The molecule has 0 aliphatic carbocycles. The van der Waals surface area contributed by atoms with E-state index in [2.05, 4.69) is 9.97 Å². The molecule has 1 saturated heterocycles. The highest BCUT2D eigenvalue weighted by atomic mass is 16.8. The van der Waals surface area contributed by atoms with Gasteiger partial charge in [0.25, 0.3) is 0 Å². The highest BCUT2D eigenvalue weighted by Crippen LogP contribution is 2.26. The van der Waals surface area contributed by atoms with Crippen molar-refractivity contribution in [3.63, 3.8) is 0 Å². The van der Waals surface area contributed by atoms with E-state index >= 15 is 0 Å². The summed E-state index contributed by atoms with van der Waals surface area (Å²) in [7, 11) is 0. The van der Waals surface area contributed by atoms with Crippen molar-refractivity contribution in [3.8, 4) is 0 Å². The van der Waals surface area contributed by atoms with Crippen LogP contribution in [0.25, 0.3) is 0 Å². The van der Waals surface area contributed by atoms with E-state index in [-0.39, 0.29) is 0 Å². The van der Waals surface area contributed by atoms with Crippen molar-refractivity contribution < 1.29 is 14.4 Å². The van der Waals surface area contributed by atoms with E-state index in [1.807, 2.05) is 0 Å². The standard InChI is InChI=1S/C14H22N4O3/c1-14(2,3)20-13(19)21-18-6-4-10(5-7-18)11-8-16-9-12(15)17-11/h8-10H,4-7H2,1-3H3,(H2,15,17). The summed E-state index contributed by atoms with van der Waals surface area (Å²) >= 11 is 0. The summed E-state index contributed by atoms with van der Waals surface area (Å²) < 4.78 is 5.13. The maximum Gasteiger partial charge on any atom is 0.528 e. The normalized spacial score (nSPS) is 17.5. The Balaban J connectivity index is 1.82. The number of nitrogen functional groups attached to an aromatic ring is 1. The topological polar surface area (TPSA) is 90.6 Å². The number of hydrogen-bond donors (Lipinski definition) is 1. The molecule has 21 heavy (non-hydrogen) atoms. The third kappa shape index (κ3) is 4.86. The molecule has 1 aliphatic heterocycles. The molecule has 0 atom stereocenters. The average molecular weight is 294 g/mol. The van der Waals surface area contributed by atoms with Crippen molar-refractivity contribution in [3.05, 3.63) is 18.1 Å². The first-order valence-electron chi connectivity index (χ1n) is 7.07. The lowest BCUT2D eigenvalue weighted by Crippen LogP contribution is -2.37. The first-order chi connectivity index (χ1) is 9.83. The average Bonchev–Trinajstić information content (AvgIpc) is 2.37. The fourth-order valence-corrected chi connectivity index (χ4v) is 2.21. The van der Waals surface area contributed by atoms with Crippen molar-refractivity contribution in [1.82, 2.24) is 15.0 Å². The molecule has 1 aromatic heterocycles. The van der Waals surface area contributed by atoms with Crippen molar-refractivity contribution >= 4 is 12.0 Å². The third-order valence-corrected chi connectivity index (χ3v) is 3.14. The zero-order valence-electron chi connectivity index (χ0n) is 12.7. The van der Waals surface area contributed by atoms with Crippen LogP contribution in [0.3, 0.4) is 0 Å². The molecule has 0 saturated carbocycles. The van der Waals surface area contributed by atoms with Gasteiger partial charge < -0.3 is 15.3 Å². The van der Waals surface area contributed by atoms with E-state index in [1.165, 1.54) is 6.20 Å². The van der Waals surface area contributed by atoms with Crippen LogP contribution in [-0.4, -0.2) is 39.9 Å². The number of piperidine rings is 1. The van der Waals surface area contributed by atoms with E-state index in [9.17, 15) is 4.79 Å². The summed E-state index contributed by atoms with van der Waals surface area (Å²) in [6, 6.07) is 0. The van der Waals surface area contributed by atoms with Crippen molar-refractivity contribution in [2.75, 3.05) is 18.8 Å². The van der Waals surface area contributed by atoms with E-state index < -0.39 is 11.8 Å². The summed E-state index contributed by atoms with van der Waals surface area (Å²) in [5.41, 5.74) is 5.99. The van der Waals surface area contributed by atoms with Crippen LogP contribution < -0.4 is 5.73 Å². The van der Waals surface area contributed by atoms with Gasteiger partial charge in [0.2, 0.25) is 0 Å². The summed E-state index contributed by atoms with van der Waals surface area (Å²) in [5.74, 6) is 0.722. The second kappa shape index (κ2) is 6.26. The fourth-order valence-electron chi connectivity index (χ4n) is 2.21. The molecule has 7 heteroatoms. The number of hydrogen-bond acceptors (Lipinski definition) is 7. The van der Waals surface area contributed by atoms with Crippen LogP contribution in [0.4, 0.5) is 10.6 Å². The quantitative estimate of drug-likeness (QED) is 0.835. The van der Waals surface area contributed by atoms with Crippen LogP contribution in [-0.2, 0) is 9.57 Å². The number of nitrogens with zero attached hydrogens (tertiary/aromatic N) is 3.